The molecule has 0 aromatic carbocycles. The molecule has 1 atom stereocenters. The molecule has 0 saturated carbocycles. The van der Waals surface area contributed by atoms with Gasteiger partial charge in [-0.15, -0.1) is 0 Å². The molecule has 1 amide bonds. The number of hydrogen-bond donors (Lipinski definition) is 1. The molecule has 1 N–H and O–H groups in total. The largest absolute Gasteiger partial charge is 0.446 e. The Morgan fingerprint density at radius 2 is 1.88 bits per heavy atom. The lowest BCUT2D eigenvalue weighted by atomic mass is 9.98. The number of amides is 1. The zero-order chi connectivity index (χ0) is 12.8. The van der Waals surface area contributed by atoms with Crippen molar-refractivity contribution in [2.45, 2.75) is 58.7 Å². The molecule has 1 unspecified atom stereocenters. The molecule has 4 nitrogen and oxygen atoms in total. The molecule has 1 aliphatic rings. The van der Waals surface area contributed by atoms with Gasteiger partial charge in [-0.05, 0) is 38.5 Å². The highest BCUT2D eigenvalue weighted by Gasteiger charge is 2.25. The van der Waals surface area contributed by atoms with Gasteiger partial charge in [0.25, 0.3) is 0 Å². The molecule has 17 heavy (non-hydrogen) atoms. The van der Waals surface area contributed by atoms with Gasteiger partial charge in [0.2, 0.25) is 0 Å². The van der Waals surface area contributed by atoms with Crippen LogP contribution in [0, 0.1) is 5.92 Å². The summed E-state index contributed by atoms with van der Waals surface area (Å²) in [6.45, 7) is 7.42. The SMILES string of the molecule is CCC(CC)C(C)OC(=O)N1CCC(O)CC1. The Kier molecular flexibility index (Phi) is 5.75. The molecule has 0 aromatic rings. The number of piperidine rings is 1. The van der Waals surface area contributed by atoms with Crippen molar-refractivity contribution in [3.05, 3.63) is 0 Å². The normalized spacial score (nSPS) is 19.5. The van der Waals surface area contributed by atoms with Gasteiger partial charge in [-0.25, -0.2) is 4.79 Å². The highest BCUT2D eigenvalue weighted by molar-refractivity contribution is 5.67. The maximum atomic E-state index is 11.9. The molecule has 1 fully saturated rings. The van der Waals surface area contributed by atoms with Crippen LogP contribution in [0.15, 0.2) is 0 Å². The molecule has 4 heteroatoms. The lowest BCUT2D eigenvalue weighted by Crippen LogP contribution is -2.42. The summed E-state index contributed by atoms with van der Waals surface area (Å²) < 4.78 is 5.47. The number of carbonyl (C=O) groups is 1. The first-order valence-corrected chi connectivity index (χ1v) is 6.72. The van der Waals surface area contributed by atoms with Gasteiger partial charge in [0, 0.05) is 13.1 Å². The Morgan fingerprint density at radius 3 is 2.35 bits per heavy atom. The number of carbonyl (C=O) groups excluding carboxylic acids is 1. The van der Waals surface area contributed by atoms with Crippen LogP contribution in [-0.2, 0) is 4.74 Å². The van der Waals surface area contributed by atoms with Crippen molar-refractivity contribution in [1.82, 2.24) is 4.90 Å². The molecule has 0 bridgehead atoms. The van der Waals surface area contributed by atoms with Crippen LogP contribution in [0.3, 0.4) is 0 Å². The third-order valence-corrected chi connectivity index (χ3v) is 3.72. The van der Waals surface area contributed by atoms with Crippen molar-refractivity contribution >= 4 is 6.09 Å². The van der Waals surface area contributed by atoms with E-state index in [9.17, 15) is 9.90 Å². The summed E-state index contributed by atoms with van der Waals surface area (Å²) in [5, 5.41) is 9.38. The highest BCUT2D eigenvalue weighted by Crippen LogP contribution is 2.18. The van der Waals surface area contributed by atoms with E-state index in [2.05, 4.69) is 13.8 Å². The Bertz CT molecular complexity index is 233. The predicted molar refractivity (Wildman–Crippen MR) is 66.8 cm³/mol. The monoisotopic (exact) mass is 243 g/mol. The van der Waals surface area contributed by atoms with Gasteiger partial charge in [-0.3, -0.25) is 0 Å². The molecule has 1 heterocycles. The number of rotatable bonds is 4. The van der Waals surface area contributed by atoms with Crippen molar-refractivity contribution in [3.8, 4) is 0 Å². The van der Waals surface area contributed by atoms with Gasteiger partial charge >= 0.3 is 6.09 Å². The van der Waals surface area contributed by atoms with Gasteiger partial charge in [0.1, 0.15) is 6.10 Å². The standard InChI is InChI=1S/C13H25NO3/c1-4-11(5-2)10(3)17-13(16)14-8-6-12(15)7-9-14/h10-12,15H,4-9H2,1-3H3. The topological polar surface area (TPSA) is 49.8 Å². The fourth-order valence-electron chi connectivity index (χ4n) is 2.33. The van der Waals surface area contributed by atoms with Crippen LogP contribution in [0.5, 0.6) is 0 Å². The second kappa shape index (κ2) is 6.84. The van der Waals surface area contributed by atoms with Gasteiger partial charge in [-0.1, -0.05) is 13.8 Å². The summed E-state index contributed by atoms with van der Waals surface area (Å²) in [6.07, 6.45) is 2.88. The molecule has 0 radical (unpaired) electrons. The van der Waals surface area contributed by atoms with Crippen molar-refractivity contribution in [3.63, 3.8) is 0 Å². The first kappa shape index (κ1) is 14.3. The lowest BCUT2D eigenvalue weighted by molar-refractivity contribution is 0.0233. The number of nitrogens with zero attached hydrogens (tertiary/aromatic N) is 1. The fraction of sp³-hybridized carbons (Fsp3) is 0.923. The molecule has 1 aliphatic heterocycles. The molecule has 100 valence electrons. The maximum absolute atomic E-state index is 11.9. The second-order valence-electron chi connectivity index (χ2n) is 4.88. The Balaban J connectivity index is 2.38. The van der Waals surface area contributed by atoms with E-state index in [1.54, 1.807) is 4.90 Å². The van der Waals surface area contributed by atoms with E-state index in [-0.39, 0.29) is 18.3 Å². The Hall–Kier alpha value is -0.770. The molecule has 0 aliphatic carbocycles. The van der Waals surface area contributed by atoms with Gasteiger partial charge in [0.05, 0.1) is 6.10 Å². The molecule has 1 saturated heterocycles. The first-order valence-electron chi connectivity index (χ1n) is 6.72. The Morgan fingerprint density at radius 1 is 1.35 bits per heavy atom. The minimum Gasteiger partial charge on any atom is -0.446 e. The van der Waals surface area contributed by atoms with E-state index in [0.717, 1.165) is 12.8 Å². The minimum atomic E-state index is -0.254. The predicted octanol–water partition coefficient (Wildman–Crippen LogP) is 2.40. The van der Waals surface area contributed by atoms with Crippen LogP contribution < -0.4 is 0 Å². The second-order valence-corrected chi connectivity index (χ2v) is 4.88. The summed E-state index contributed by atoms with van der Waals surface area (Å²) in [7, 11) is 0. The lowest BCUT2D eigenvalue weighted by Gasteiger charge is -2.31. The van der Waals surface area contributed by atoms with Crippen molar-refractivity contribution in [1.29, 1.82) is 0 Å². The Labute approximate surface area is 104 Å². The molecule has 0 spiro atoms. The number of aliphatic hydroxyl groups excluding tert-OH is 1. The highest BCUT2D eigenvalue weighted by atomic mass is 16.6. The van der Waals surface area contributed by atoms with Crippen LogP contribution in [0.25, 0.3) is 0 Å². The van der Waals surface area contributed by atoms with E-state index >= 15 is 0 Å². The van der Waals surface area contributed by atoms with Crippen molar-refractivity contribution < 1.29 is 14.6 Å². The van der Waals surface area contributed by atoms with Crippen LogP contribution in [0.1, 0.15) is 46.5 Å². The summed E-state index contributed by atoms with van der Waals surface area (Å²) in [4.78, 5) is 13.6. The van der Waals surface area contributed by atoms with E-state index in [4.69, 9.17) is 4.74 Å². The quantitative estimate of drug-likeness (QED) is 0.825. The smallest absolute Gasteiger partial charge is 0.410 e. The van der Waals surface area contributed by atoms with E-state index in [1.165, 1.54) is 0 Å². The van der Waals surface area contributed by atoms with Crippen LogP contribution in [0.4, 0.5) is 4.79 Å². The molecular weight excluding hydrogens is 218 g/mol. The average molecular weight is 243 g/mol. The molecular formula is C13H25NO3. The van der Waals surface area contributed by atoms with E-state index in [0.29, 0.717) is 31.8 Å². The summed E-state index contributed by atoms with van der Waals surface area (Å²) in [5.41, 5.74) is 0. The van der Waals surface area contributed by atoms with E-state index in [1.807, 2.05) is 6.92 Å². The summed E-state index contributed by atoms with van der Waals surface area (Å²) in [5.74, 6) is 0.439. The van der Waals surface area contributed by atoms with Gasteiger partial charge < -0.3 is 14.7 Å². The van der Waals surface area contributed by atoms with Crippen LogP contribution >= 0.6 is 0 Å². The third-order valence-electron chi connectivity index (χ3n) is 3.72. The minimum absolute atomic E-state index is 0.0238. The first-order chi connectivity index (χ1) is 8.08. The third kappa shape index (κ3) is 4.19. The molecule has 0 aromatic heterocycles. The van der Waals surface area contributed by atoms with Crippen molar-refractivity contribution in [2.75, 3.05) is 13.1 Å². The fourth-order valence-corrected chi connectivity index (χ4v) is 2.33. The van der Waals surface area contributed by atoms with Crippen molar-refractivity contribution in [2.24, 2.45) is 5.92 Å². The summed E-state index contributed by atoms with van der Waals surface area (Å²) in [6, 6.07) is 0. The number of ether oxygens (including phenoxy) is 1. The number of aliphatic hydroxyl groups is 1. The van der Waals surface area contributed by atoms with E-state index < -0.39 is 0 Å². The van der Waals surface area contributed by atoms with Crippen LogP contribution in [0.2, 0.25) is 0 Å². The number of likely N-dealkylation sites (tertiary alicyclic amines) is 1. The van der Waals surface area contributed by atoms with Gasteiger partial charge in [0.15, 0.2) is 0 Å². The van der Waals surface area contributed by atoms with Gasteiger partial charge in [-0.2, -0.15) is 0 Å². The van der Waals surface area contributed by atoms with Crippen LogP contribution in [-0.4, -0.2) is 41.4 Å². The maximum Gasteiger partial charge on any atom is 0.410 e. The average Bonchev–Trinajstić information content (AvgIpc) is 2.31. The summed E-state index contributed by atoms with van der Waals surface area (Å²) >= 11 is 0. The zero-order valence-electron chi connectivity index (χ0n) is 11.2. The number of hydrogen-bond acceptors (Lipinski definition) is 3. The molecule has 1 rings (SSSR count). The zero-order valence-corrected chi connectivity index (χ0v) is 11.2.